The summed E-state index contributed by atoms with van der Waals surface area (Å²) in [4.78, 5) is 26.8. The van der Waals surface area contributed by atoms with Crippen molar-refractivity contribution >= 4 is 23.6 Å². The van der Waals surface area contributed by atoms with Gasteiger partial charge in [-0.1, -0.05) is 13.8 Å². The molecule has 2 atom stereocenters. The average Bonchev–Trinajstić information content (AvgIpc) is 3.04. The topological polar surface area (TPSA) is 62.6 Å². The van der Waals surface area contributed by atoms with Crippen LogP contribution < -0.4 is 5.32 Å². The van der Waals surface area contributed by atoms with Gasteiger partial charge in [0.1, 0.15) is 17.6 Å². The fraction of sp³-hybridized carbons (Fsp3) is 0.625. The molecule has 0 spiro atoms. The SMILES string of the molecule is Cc1cc(C(=O)N2CSC[C@@H]2C(=O)N[C@H](C)C(C)C)c(C)o1. The summed E-state index contributed by atoms with van der Waals surface area (Å²) in [5, 5.41) is 3.01. The molecule has 1 aliphatic heterocycles. The van der Waals surface area contributed by atoms with Gasteiger partial charge in [0, 0.05) is 11.8 Å². The van der Waals surface area contributed by atoms with Crippen LogP contribution in [-0.2, 0) is 4.79 Å². The average molecular weight is 324 g/mol. The van der Waals surface area contributed by atoms with Crippen LogP contribution in [0.25, 0.3) is 0 Å². The molecular formula is C16H24N2O3S. The summed E-state index contributed by atoms with van der Waals surface area (Å²) in [5.41, 5.74) is 0.551. The number of hydrogen-bond donors (Lipinski definition) is 1. The Morgan fingerprint density at radius 2 is 2.05 bits per heavy atom. The number of amides is 2. The number of rotatable bonds is 4. The van der Waals surface area contributed by atoms with Gasteiger partial charge in [-0.3, -0.25) is 9.59 Å². The summed E-state index contributed by atoms with van der Waals surface area (Å²) in [7, 11) is 0. The molecule has 1 aromatic heterocycles. The number of carbonyl (C=O) groups excluding carboxylic acids is 2. The summed E-state index contributed by atoms with van der Waals surface area (Å²) in [6.07, 6.45) is 0. The number of aryl methyl sites for hydroxylation is 2. The zero-order valence-corrected chi connectivity index (χ0v) is 14.6. The van der Waals surface area contributed by atoms with E-state index in [2.05, 4.69) is 19.2 Å². The van der Waals surface area contributed by atoms with Crippen molar-refractivity contribution in [1.82, 2.24) is 10.2 Å². The lowest BCUT2D eigenvalue weighted by atomic mass is 10.1. The van der Waals surface area contributed by atoms with Crippen molar-refractivity contribution in [2.75, 3.05) is 11.6 Å². The lowest BCUT2D eigenvalue weighted by Crippen LogP contribution is -2.50. The van der Waals surface area contributed by atoms with E-state index in [9.17, 15) is 9.59 Å². The van der Waals surface area contributed by atoms with E-state index in [1.807, 2.05) is 13.8 Å². The van der Waals surface area contributed by atoms with E-state index in [1.54, 1.807) is 29.7 Å². The molecule has 0 unspecified atom stereocenters. The molecule has 1 N–H and O–H groups in total. The first-order valence-electron chi connectivity index (χ1n) is 7.57. The molecule has 1 aromatic rings. The van der Waals surface area contributed by atoms with E-state index < -0.39 is 6.04 Å². The molecular weight excluding hydrogens is 300 g/mol. The van der Waals surface area contributed by atoms with Gasteiger partial charge in [-0.15, -0.1) is 11.8 Å². The van der Waals surface area contributed by atoms with E-state index in [4.69, 9.17) is 4.42 Å². The first-order valence-corrected chi connectivity index (χ1v) is 8.72. The second-order valence-electron chi connectivity index (χ2n) is 6.16. The minimum absolute atomic E-state index is 0.0718. The monoisotopic (exact) mass is 324 g/mol. The molecule has 0 aromatic carbocycles. The van der Waals surface area contributed by atoms with Crippen LogP contribution in [-0.4, -0.2) is 40.4 Å². The third-order valence-electron chi connectivity index (χ3n) is 4.09. The second kappa shape index (κ2) is 6.77. The Balaban J connectivity index is 2.12. The Morgan fingerprint density at radius 1 is 1.36 bits per heavy atom. The van der Waals surface area contributed by atoms with Gasteiger partial charge in [0.2, 0.25) is 5.91 Å². The van der Waals surface area contributed by atoms with Gasteiger partial charge in [0.05, 0.1) is 11.4 Å². The maximum Gasteiger partial charge on any atom is 0.258 e. The summed E-state index contributed by atoms with van der Waals surface area (Å²) < 4.78 is 5.43. The van der Waals surface area contributed by atoms with Crippen LogP contribution in [0.4, 0.5) is 0 Å². The van der Waals surface area contributed by atoms with Crippen molar-refractivity contribution in [1.29, 1.82) is 0 Å². The van der Waals surface area contributed by atoms with Gasteiger partial charge < -0.3 is 14.6 Å². The highest BCUT2D eigenvalue weighted by Crippen LogP contribution is 2.25. The fourth-order valence-electron chi connectivity index (χ4n) is 2.35. The summed E-state index contributed by atoms with van der Waals surface area (Å²) in [6, 6.07) is 1.42. The Labute approximate surface area is 135 Å². The van der Waals surface area contributed by atoms with Gasteiger partial charge >= 0.3 is 0 Å². The third-order valence-corrected chi connectivity index (χ3v) is 5.10. The number of furan rings is 1. The molecule has 2 rings (SSSR count). The molecule has 0 saturated carbocycles. The number of nitrogens with zero attached hydrogens (tertiary/aromatic N) is 1. The van der Waals surface area contributed by atoms with E-state index in [1.165, 1.54) is 0 Å². The number of thioether (sulfide) groups is 1. The predicted molar refractivity (Wildman–Crippen MR) is 87.9 cm³/mol. The van der Waals surface area contributed by atoms with E-state index in [0.717, 1.165) is 0 Å². The van der Waals surface area contributed by atoms with Crippen molar-refractivity contribution in [2.45, 2.75) is 46.7 Å². The van der Waals surface area contributed by atoms with Crippen LogP contribution >= 0.6 is 11.8 Å². The molecule has 5 nitrogen and oxygen atoms in total. The maximum absolute atomic E-state index is 12.7. The number of carbonyl (C=O) groups is 2. The Bertz CT molecular complexity index is 568. The first kappa shape index (κ1) is 16.9. The largest absolute Gasteiger partial charge is 0.466 e. The van der Waals surface area contributed by atoms with Crippen LogP contribution in [0.15, 0.2) is 10.5 Å². The van der Waals surface area contributed by atoms with Crippen LogP contribution in [0, 0.1) is 19.8 Å². The van der Waals surface area contributed by atoms with Crippen molar-refractivity contribution < 1.29 is 14.0 Å². The summed E-state index contributed by atoms with van der Waals surface area (Å²) in [5.74, 6) is 2.65. The molecule has 0 bridgehead atoms. The predicted octanol–water partition coefficient (Wildman–Crippen LogP) is 2.57. The zero-order chi connectivity index (χ0) is 16.4. The highest BCUT2D eigenvalue weighted by molar-refractivity contribution is 7.99. The number of hydrogen-bond acceptors (Lipinski definition) is 4. The van der Waals surface area contributed by atoms with Crippen molar-refractivity contribution in [2.24, 2.45) is 5.92 Å². The number of nitrogens with one attached hydrogen (secondary N) is 1. The van der Waals surface area contributed by atoms with Crippen LogP contribution in [0.5, 0.6) is 0 Å². The van der Waals surface area contributed by atoms with Crippen molar-refractivity contribution in [3.63, 3.8) is 0 Å². The normalized spacial score (nSPS) is 19.5. The molecule has 2 amide bonds. The highest BCUT2D eigenvalue weighted by Gasteiger charge is 2.36. The second-order valence-corrected chi connectivity index (χ2v) is 7.16. The lowest BCUT2D eigenvalue weighted by molar-refractivity contribution is -0.125. The lowest BCUT2D eigenvalue weighted by Gasteiger charge is -2.25. The molecule has 1 fully saturated rings. The van der Waals surface area contributed by atoms with E-state index in [-0.39, 0.29) is 17.9 Å². The van der Waals surface area contributed by atoms with E-state index in [0.29, 0.717) is 34.6 Å². The third kappa shape index (κ3) is 3.48. The maximum atomic E-state index is 12.7. The Kier molecular flexibility index (Phi) is 5.21. The van der Waals surface area contributed by atoms with Gasteiger partial charge in [-0.05, 0) is 32.8 Å². The minimum atomic E-state index is -0.409. The summed E-state index contributed by atoms with van der Waals surface area (Å²) in [6.45, 7) is 9.71. The van der Waals surface area contributed by atoms with Crippen LogP contribution in [0.3, 0.4) is 0 Å². The fourth-order valence-corrected chi connectivity index (χ4v) is 3.50. The van der Waals surface area contributed by atoms with Gasteiger partial charge in [-0.2, -0.15) is 0 Å². The molecule has 0 radical (unpaired) electrons. The quantitative estimate of drug-likeness (QED) is 0.924. The zero-order valence-electron chi connectivity index (χ0n) is 13.8. The molecule has 2 heterocycles. The standard InChI is InChI=1S/C16H24N2O3S/c1-9(2)11(4)17-15(19)14-7-22-8-18(14)16(20)13-6-10(3)21-12(13)5/h6,9,11,14H,7-8H2,1-5H3,(H,17,19)/t11-,14-/m1/s1. The molecule has 1 saturated heterocycles. The molecule has 1 aliphatic rings. The minimum Gasteiger partial charge on any atom is -0.466 e. The Hall–Kier alpha value is -1.43. The van der Waals surface area contributed by atoms with E-state index >= 15 is 0 Å². The van der Waals surface area contributed by atoms with Gasteiger partial charge in [-0.25, -0.2) is 0 Å². The van der Waals surface area contributed by atoms with Crippen molar-refractivity contribution in [3.05, 3.63) is 23.2 Å². The smallest absolute Gasteiger partial charge is 0.258 e. The molecule has 122 valence electrons. The molecule has 6 heteroatoms. The molecule has 22 heavy (non-hydrogen) atoms. The first-order chi connectivity index (χ1) is 10.3. The Morgan fingerprint density at radius 3 is 2.59 bits per heavy atom. The van der Waals surface area contributed by atoms with Crippen LogP contribution in [0.2, 0.25) is 0 Å². The molecule has 0 aliphatic carbocycles. The summed E-state index contributed by atoms with van der Waals surface area (Å²) >= 11 is 1.60. The van der Waals surface area contributed by atoms with Crippen LogP contribution in [0.1, 0.15) is 42.6 Å². The van der Waals surface area contributed by atoms with Crippen molar-refractivity contribution in [3.8, 4) is 0 Å². The highest BCUT2D eigenvalue weighted by atomic mass is 32.2. The van der Waals surface area contributed by atoms with Gasteiger partial charge in [0.15, 0.2) is 0 Å². The van der Waals surface area contributed by atoms with Gasteiger partial charge in [0.25, 0.3) is 5.91 Å².